The Morgan fingerprint density at radius 2 is 1.82 bits per heavy atom. The van der Waals surface area contributed by atoms with E-state index in [1.807, 2.05) is 0 Å². The molecule has 112 valence electrons. The number of rotatable bonds is 2. The lowest BCUT2D eigenvalue weighted by molar-refractivity contribution is 0.949. The molecule has 0 radical (unpaired) electrons. The van der Waals surface area contributed by atoms with Gasteiger partial charge < -0.3 is 9.88 Å². The predicted octanol–water partition coefficient (Wildman–Crippen LogP) is 4.45. The summed E-state index contributed by atoms with van der Waals surface area (Å²) in [7, 11) is 0. The Morgan fingerprint density at radius 3 is 2.59 bits per heavy atom. The van der Waals surface area contributed by atoms with E-state index in [2.05, 4.69) is 60.1 Å². The van der Waals surface area contributed by atoms with Gasteiger partial charge in [0.15, 0.2) is 0 Å². The summed E-state index contributed by atoms with van der Waals surface area (Å²) >= 11 is 0. The third kappa shape index (κ3) is 2.17. The summed E-state index contributed by atoms with van der Waals surface area (Å²) < 4.78 is 0. The average Bonchev–Trinajstić information content (AvgIpc) is 3.17. The smallest absolute Gasteiger partial charge is 0.138 e. The summed E-state index contributed by atoms with van der Waals surface area (Å²) in [6.07, 6.45) is 2.60. The fourth-order valence-corrected chi connectivity index (χ4v) is 3.37. The highest BCUT2D eigenvalue weighted by Crippen LogP contribution is 2.30. The maximum absolute atomic E-state index is 4.81. The number of imidazole rings is 1. The zero-order valence-corrected chi connectivity index (χ0v) is 13.2. The lowest BCUT2D eigenvalue weighted by Gasteiger charge is -2.20. The van der Waals surface area contributed by atoms with Crippen LogP contribution >= 0.6 is 0 Å². The van der Waals surface area contributed by atoms with E-state index in [4.69, 9.17) is 4.98 Å². The number of fused-ring (bicyclic) bond motifs is 1. The Bertz CT molecular complexity index is 826. The number of nitrogens with zero attached hydrogens (tertiary/aromatic N) is 2. The van der Waals surface area contributed by atoms with Crippen molar-refractivity contribution in [1.82, 2.24) is 9.97 Å². The van der Waals surface area contributed by atoms with Crippen molar-refractivity contribution in [3.05, 3.63) is 47.5 Å². The van der Waals surface area contributed by atoms with Crippen LogP contribution in [0.3, 0.4) is 0 Å². The molecule has 3 nitrogen and oxygen atoms in total. The van der Waals surface area contributed by atoms with Gasteiger partial charge in [0.2, 0.25) is 0 Å². The van der Waals surface area contributed by atoms with Crippen molar-refractivity contribution in [2.24, 2.45) is 0 Å². The third-order valence-corrected chi connectivity index (χ3v) is 4.64. The molecular formula is C19H21N3. The summed E-state index contributed by atoms with van der Waals surface area (Å²) in [4.78, 5) is 10.8. The summed E-state index contributed by atoms with van der Waals surface area (Å²) in [5, 5.41) is 0. The second kappa shape index (κ2) is 5.16. The molecule has 3 heteroatoms. The van der Waals surface area contributed by atoms with Crippen LogP contribution in [0.2, 0.25) is 0 Å². The second-order valence-electron chi connectivity index (χ2n) is 6.25. The van der Waals surface area contributed by atoms with Crippen molar-refractivity contribution in [2.45, 2.75) is 26.7 Å². The molecule has 0 spiro atoms. The average molecular weight is 291 g/mol. The third-order valence-electron chi connectivity index (χ3n) is 4.64. The van der Waals surface area contributed by atoms with Gasteiger partial charge in [0.1, 0.15) is 5.82 Å². The first kappa shape index (κ1) is 13.4. The summed E-state index contributed by atoms with van der Waals surface area (Å²) in [6, 6.07) is 12.9. The molecular weight excluding hydrogens is 270 g/mol. The maximum Gasteiger partial charge on any atom is 0.138 e. The van der Waals surface area contributed by atoms with Gasteiger partial charge in [-0.25, -0.2) is 4.98 Å². The predicted molar refractivity (Wildman–Crippen MR) is 92.5 cm³/mol. The first-order valence-corrected chi connectivity index (χ1v) is 8.04. The highest BCUT2D eigenvalue weighted by molar-refractivity contribution is 5.82. The van der Waals surface area contributed by atoms with Crippen LogP contribution in [-0.4, -0.2) is 23.1 Å². The molecule has 0 unspecified atom stereocenters. The SMILES string of the molecule is Cc1ccc(-c2nc3c(C)cccc3[nH]2)cc1N1CCCC1. The van der Waals surface area contributed by atoms with Crippen LogP contribution in [0.15, 0.2) is 36.4 Å². The van der Waals surface area contributed by atoms with Crippen molar-refractivity contribution >= 4 is 16.7 Å². The standard InChI is InChI=1S/C19H21N3/c1-13-8-9-15(12-17(13)22-10-3-4-11-22)19-20-16-7-5-6-14(2)18(16)21-19/h5-9,12H,3-4,10-11H2,1-2H3,(H,20,21). The molecule has 0 bridgehead atoms. The van der Waals surface area contributed by atoms with E-state index in [0.29, 0.717) is 0 Å². The molecule has 0 saturated carbocycles. The van der Waals surface area contributed by atoms with E-state index in [0.717, 1.165) is 16.9 Å². The second-order valence-corrected chi connectivity index (χ2v) is 6.25. The number of anilines is 1. The van der Waals surface area contributed by atoms with E-state index in [1.54, 1.807) is 0 Å². The molecule has 2 aromatic carbocycles. The Morgan fingerprint density at radius 1 is 1.00 bits per heavy atom. The van der Waals surface area contributed by atoms with Crippen molar-refractivity contribution in [3.63, 3.8) is 0 Å². The van der Waals surface area contributed by atoms with Gasteiger partial charge >= 0.3 is 0 Å². The number of aryl methyl sites for hydroxylation is 2. The van der Waals surface area contributed by atoms with Gasteiger partial charge in [-0.2, -0.15) is 0 Å². The van der Waals surface area contributed by atoms with Crippen molar-refractivity contribution < 1.29 is 0 Å². The van der Waals surface area contributed by atoms with Crippen LogP contribution in [0.1, 0.15) is 24.0 Å². The first-order chi connectivity index (χ1) is 10.7. The van der Waals surface area contributed by atoms with Gasteiger partial charge in [-0.3, -0.25) is 0 Å². The van der Waals surface area contributed by atoms with Crippen molar-refractivity contribution in [2.75, 3.05) is 18.0 Å². The van der Waals surface area contributed by atoms with Gasteiger partial charge in [0, 0.05) is 24.3 Å². The molecule has 2 heterocycles. The summed E-state index contributed by atoms with van der Waals surface area (Å²) in [5.74, 6) is 0.963. The summed E-state index contributed by atoms with van der Waals surface area (Å²) in [6.45, 7) is 6.64. The van der Waals surface area contributed by atoms with Crippen LogP contribution < -0.4 is 4.90 Å². The van der Waals surface area contributed by atoms with E-state index >= 15 is 0 Å². The fourth-order valence-electron chi connectivity index (χ4n) is 3.37. The molecule has 1 aliphatic heterocycles. The van der Waals surface area contributed by atoms with Gasteiger partial charge in [-0.15, -0.1) is 0 Å². The molecule has 0 atom stereocenters. The van der Waals surface area contributed by atoms with Gasteiger partial charge in [-0.1, -0.05) is 24.3 Å². The molecule has 1 aromatic heterocycles. The van der Waals surface area contributed by atoms with Crippen LogP contribution in [0.4, 0.5) is 5.69 Å². The van der Waals surface area contributed by atoms with Gasteiger partial charge in [0.05, 0.1) is 11.0 Å². The van der Waals surface area contributed by atoms with Crippen LogP contribution in [-0.2, 0) is 0 Å². The molecule has 4 rings (SSSR count). The Hall–Kier alpha value is -2.29. The highest BCUT2D eigenvalue weighted by atomic mass is 15.1. The quantitative estimate of drug-likeness (QED) is 0.756. The van der Waals surface area contributed by atoms with E-state index in [1.165, 1.54) is 48.3 Å². The monoisotopic (exact) mass is 291 g/mol. The number of para-hydroxylation sites is 1. The zero-order chi connectivity index (χ0) is 15.1. The first-order valence-electron chi connectivity index (χ1n) is 8.04. The number of nitrogens with one attached hydrogen (secondary N) is 1. The molecule has 1 saturated heterocycles. The maximum atomic E-state index is 4.81. The van der Waals surface area contributed by atoms with Crippen molar-refractivity contribution in [3.8, 4) is 11.4 Å². The molecule has 1 N–H and O–H groups in total. The normalized spacial score (nSPS) is 14.9. The Kier molecular flexibility index (Phi) is 3.14. The van der Waals surface area contributed by atoms with Gasteiger partial charge in [-0.05, 0) is 49.9 Å². The van der Waals surface area contributed by atoms with Crippen molar-refractivity contribution in [1.29, 1.82) is 0 Å². The Labute approximate surface area is 131 Å². The Balaban J connectivity index is 1.80. The highest BCUT2D eigenvalue weighted by Gasteiger charge is 2.16. The number of aromatic nitrogens is 2. The number of aromatic amines is 1. The molecule has 22 heavy (non-hydrogen) atoms. The topological polar surface area (TPSA) is 31.9 Å². The lowest BCUT2D eigenvalue weighted by atomic mass is 10.1. The summed E-state index contributed by atoms with van der Waals surface area (Å²) in [5.41, 5.74) is 7.26. The molecule has 3 aromatic rings. The minimum absolute atomic E-state index is 0.963. The molecule has 1 aliphatic rings. The van der Waals surface area contributed by atoms with Gasteiger partial charge in [0.25, 0.3) is 0 Å². The number of hydrogen-bond acceptors (Lipinski definition) is 2. The van der Waals surface area contributed by atoms with E-state index in [9.17, 15) is 0 Å². The zero-order valence-electron chi connectivity index (χ0n) is 13.2. The minimum atomic E-state index is 0.963. The van der Waals surface area contributed by atoms with E-state index < -0.39 is 0 Å². The number of benzene rings is 2. The number of H-pyrrole nitrogens is 1. The van der Waals surface area contributed by atoms with Crippen LogP contribution in [0.25, 0.3) is 22.4 Å². The fraction of sp³-hybridized carbons (Fsp3) is 0.316. The largest absolute Gasteiger partial charge is 0.371 e. The molecule has 0 aliphatic carbocycles. The minimum Gasteiger partial charge on any atom is -0.371 e. The molecule has 0 amide bonds. The lowest BCUT2D eigenvalue weighted by Crippen LogP contribution is -2.18. The van der Waals surface area contributed by atoms with Crippen LogP contribution in [0, 0.1) is 13.8 Å². The van der Waals surface area contributed by atoms with Crippen LogP contribution in [0.5, 0.6) is 0 Å². The molecule has 1 fully saturated rings. The van der Waals surface area contributed by atoms with E-state index in [-0.39, 0.29) is 0 Å². The number of hydrogen-bond donors (Lipinski definition) is 1.